The lowest BCUT2D eigenvalue weighted by Crippen LogP contribution is -2.37. The molecule has 3 rings (SSSR count). The molecule has 0 aliphatic carbocycles. The highest BCUT2D eigenvalue weighted by Crippen LogP contribution is 2.23. The Labute approximate surface area is 196 Å². The van der Waals surface area contributed by atoms with E-state index in [4.69, 9.17) is 9.15 Å². The summed E-state index contributed by atoms with van der Waals surface area (Å²) in [7, 11) is 3.75. The van der Waals surface area contributed by atoms with Crippen LogP contribution in [0.1, 0.15) is 55.6 Å². The van der Waals surface area contributed by atoms with Crippen molar-refractivity contribution in [2.45, 2.75) is 52.2 Å². The first kappa shape index (κ1) is 28.1. The van der Waals surface area contributed by atoms with E-state index in [0.717, 1.165) is 30.4 Å². The van der Waals surface area contributed by atoms with E-state index in [0.29, 0.717) is 25.2 Å². The number of nitrogens with one attached hydrogen (secondary N) is 3. The Kier molecular flexibility index (Phi) is 14.1. The average molecular weight is 460 g/mol. The lowest BCUT2D eigenvalue weighted by atomic mass is 10.1. The summed E-state index contributed by atoms with van der Waals surface area (Å²) in [5.41, 5.74) is 1.71. The maximum Gasteiger partial charge on any atom is 0.287 e. The highest BCUT2D eigenvalue weighted by atomic mass is 16.5. The summed E-state index contributed by atoms with van der Waals surface area (Å²) >= 11 is 0. The second-order valence-corrected chi connectivity index (χ2v) is 7.52. The van der Waals surface area contributed by atoms with Crippen LogP contribution in [0.2, 0.25) is 0 Å². The summed E-state index contributed by atoms with van der Waals surface area (Å²) in [6.07, 6.45) is 4.27. The molecule has 0 spiro atoms. The molecule has 0 radical (unpaired) electrons. The number of hydrogen-bond acceptors (Lipinski definition) is 6. The van der Waals surface area contributed by atoms with Crippen molar-refractivity contribution in [3.63, 3.8) is 0 Å². The Hall–Kier alpha value is -2.97. The Morgan fingerprint density at radius 3 is 2.45 bits per heavy atom. The van der Waals surface area contributed by atoms with Crippen LogP contribution < -0.4 is 16.0 Å². The molecule has 0 saturated carbocycles. The van der Waals surface area contributed by atoms with E-state index < -0.39 is 5.91 Å². The van der Waals surface area contributed by atoms with Gasteiger partial charge in [0.2, 0.25) is 5.91 Å². The van der Waals surface area contributed by atoms with Crippen molar-refractivity contribution >= 4 is 18.1 Å². The first-order valence-electron chi connectivity index (χ1n) is 11.4. The molecule has 1 aliphatic rings. The molecule has 1 unspecified atom stereocenters. The van der Waals surface area contributed by atoms with E-state index in [9.17, 15) is 14.4 Å². The third-order valence-corrected chi connectivity index (χ3v) is 4.33. The van der Waals surface area contributed by atoms with E-state index in [2.05, 4.69) is 29.8 Å². The fourth-order valence-corrected chi connectivity index (χ4v) is 2.92. The van der Waals surface area contributed by atoms with E-state index in [1.807, 2.05) is 38.4 Å². The van der Waals surface area contributed by atoms with Gasteiger partial charge < -0.3 is 29.9 Å². The molecule has 8 nitrogen and oxygen atoms in total. The van der Waals surface area contributed by atoms with Crippen LogP contribution in [0.25, 0.3) is 11.3 Å². The van der Waals surface area contributed by atoms with E-state index in [1.165, 1.54) is 6.42 Å². The molecule has 0 bridgehead atoms. The van der Waals surface area contributed by atoms with Gasteiger partial charge in [0.25, 0.3) is 5.91 Å². The molecule has 2 amide bonds. The number of ether oxygens (including phenoxy) is 1. The van der Waals surface area contributed by atoms with Crippen molar-refractivity contribution in [3.8, 4) is 11.3 Å². The SMILES string of the molecule is CCC.CNC.O=CCNC(=O)c1ccc(-c2cccc(CNC(=O)C3CCCCO3)c2)o1. The second kappa shape index (κ2) is 16.6. The number of carbonyl (C=O) groups excluding carboxylic acids is 3. The first-order chi connectivity index (χ1) is 16.0. The van der Waals surface area contributed by atoms with Crippen LogP contribution in [-0.2, 0) is 20.9 Å². The van der Waals surface area contributed by atoms with Crippen molar-refractivity contribution in [2.24, 2.45) is 0 Å². The van der Waals surface area contributed by atoms with Crippen LogP contribution >= 0.6 is 0 Å². The lowest BCUT2D eigenvalue weighted by Gasteiger charge is -2.21. The van der Waals surface area contributed by atoms with Crippen LogP contribution in [0.5, 0.6) is 0 Å². The summed E-state index contributed by atoms with van der Waals surface area (Å²) in [4.78, 5) is 34.3. The molecule has 1 aromatic carbocycles. The van der Waals surface area contributed by atoms with Crippen molar-refractivity contribution in [1.29, 1.82) is 0 Å². The van der Waals surface area contributed by atoms with Gasteiger partial charge in [-0.2, -0.15) is 0 Å². The topological polar surface area (TPSA) is 110 Å². The Morgan fingerprint density at radius 2 is 1.82 bits per heavy atom. The fraction of sp³-hybridized carbons (Fsp3) is 0.480. The van der Waals surface area contributed by atoms with Crippen LogP contribution in [0.15, 0.2) is 40.8 Å². The molecule has 1 aromatic heterocycles. The van der Waals surface area contributed by atoms with Gasteiger partial charge in [-0.1, -0.05) is 38.5 Å². The van der Waals surface area contributed by atoms with E-state index >= 15 is 0 Å². The number of furan rings is 1. The first-order valence-corrected chi connectivity index (χ1v) is 11.4. The van der Waals surface area contributed by atoms with E-state index in [-0.39, 0.29) is 24.3 Å². The molecule has 182 valence electrons. The van der Waals surface area contributed by atoms with Gasteiger partial charge >= 0.3 is 0 Å². The number of carbonyl (C=O) groups is 3. The summed E-state index contributed by atoms with van der Waals surface area (Å²) in [5.74, 6) is 0.145. The zero-order valence-corrected chi connectivity index (χ0v) is 20.1. The van der Waals surface area contributed by atoms with E-state index in [1.54, 1.807) is 12.1 Å². The molecule has 1 aliphatic heterocycles. The largest absolute Gasteiger partial charge is 0.451 e. The van der Waals surface area contributed by atoms with Gasteiger partial charge in [0.05, 0.1) is 6.54 Å². The number of hydrogen-bond donors (Lipinski definition) is 3. The lowest BCUT2D eigenvalue weighted by molar-refractivity contribution is -0.135. The van der Waals surface area contributed by atoms with Gasteiger partial charge in [0, 0.05) is 18.7 Å². The fourth-order valence-electron chi connectivity index (χ4n) is 2.92. The molecular weight excluding hydrogens is 422 g/mol. The second-order valence-electron chi connectivity index (χ2n) is 7.52. The van der Waals surface area contributed by atoms with Gasteiger partial charge in [0.1, 0.15) is 18.2 Å². The number of rotatable bonds is 7. The molecular formula is C25H37N3O5. The molecule has 2 aromatic rings. The summed E-state index contributed by atoms with van der Waals surface area (Å²) in [6.45, 7) is 5.21. The number of aldehydes is 1. The smallest absolute Gasteiger partial charge is 0.287 e. The van der Waals surface area contributed by atoms with Crippen LogP contribution in [0, 0.1) is 0 Å². The molecule has 1 saturated heterocycles. The molecule has 8 heteroatoms. The zero-order chi connectivity index (χ0) is 24.5. The summed E-state index contributed by atoms with van der Waals surface area (Å²) < 4.78 is 11.1. The average Bonchev–Trinajstić information content (AvgIpc) is 3.33. The zero-order valence-electron chi connectivity index (χ0n) is 20.1. The highest BCUT2D eigenvalue weighted by molar-refractivity contribution is 5.93. The van der Waals surface area contributed by atoms with Crippen molar-refractivity contribution in [2.75, 3.05) is 27.2 Å². The molecule has 1 atom stereocenters. The minimum absolute atomic E-state index is 0.0608. The van der Waals surface area contributed by atoms with Crippen LogP contribution in [-0.4, -0.2) is 51.5 Å². The summed E-state index contributed by atoms with van der Waals surface area (Å²) in [6, 6.07) is 10.8. The van der Waals surface area contributed by atoms with Gasteiger partial charge in [-0.25, -0.2) is 0 Å². The van der Waals surface area contributed by atoms with Gasteiger partial charge in [-0.3, -0.25) is 9.59 Å². The van der Waals surface area contributed by atoms with Gasteiger partial charge in [-0.15, -0.1) is 0 Å². The molecule has 3 N–H and O–H groups in total. The van der Waals surface area contributed by atoms with Crippen molar-refractivity contribution in [3.05, 3.63) is 47.7 Å². The highest BCUT2D eigenvalue weighted by Gasteiger charge is 2.21. The third-order valence-electron chi connectivity index (χ3n) is 4.33. The Bertz CT molecular complexity index is 842. The normalized spacial score (nSPS) is 14.6. The standard InChI is InChI=1S/C20H22N2O5.C3H8.C2H7N/c23-10-9-21-20(25)18-8-7-16(27-18)15-5-3-4-14(12-15)13-22-19(24)17-6-1-2-11-26-17;2*1-3-2/h3-5,7-8,10,12,17H,1-2,6,9,11,13H2,(H,21,25)(H,22,24);3H2,1-2H3;3H,1-2H3. The van der Waals surface area contributed by atoms with Crippen LogP contribution in [0.3, 0.4) is 0 Å². The quantitative estimate of drug-likeness (QED) is 0.548. The monoisotopic (exact) mass is 459 g/mol. The Balaban J connectivity index is 0.000000819. The third kappa shape index (κ3) is 10.5. The molecule has 33 heavy (non-hydrogen) atoms. The maximum absolute atomic E-state index is 12.2. The van der Waals surface area contributed by atoms with Gasteiger partial charge in [0.15, 0.2) is 5.76 Å². The van der Waals surface area contributed by atoms with Crippen molar-refractivity contribution in [1.82, 2.24) is 16.0 Å². The summed E-state index contributed by atoms with van der Waals surface area (Å²) in [5, 5.41) is 8.08. The van der Waals surface area contributed by atoms with Crippen molar-refractivity contribution < 1.29 is 23.5 Å². The minimum atomic E-state index is -0.441. The van der Waals surface area contributed by atoms with Gasteiger partial charge in [-0.05, 0) is 57.1 Å². The predicted molar refractivity (Wildman–Crippen MR) is 129 cm³/mol. The van der Waals surface area contributed by atoms with Crippen LogP contribution in [0.4, 0.5) is 0 Å². The predicted octanol–water partition coefficient (Wildman–Crippen LogP) is 3.31. The Morgan fingerprint density at radius 1 is 1.09 bits per heavy atom. The maximum atomic E-state index is 12.2. The number of benzene rings is 1. The molecule has 2 heterocycles. The minimum Gasteiger partial charge on any atom is -0.451 e. The molecule has 1 fully saturated rings. The number of amides is 2.